The summed E-state index contributed by atoms with van der Waals surface area (Å²) in [6, 6.07) is 0. The number of carbonyl (C=O) groups excluding carboxylic acids is 2. The Bertz CT molecular complexity index is 208. The van der Waals surface area contributed by atoms with Crippen LogP contribution in [-0.2, 0) is 19.1 Å². The average Bonchev–Trinajstić information content (AvgIpc) is 2.21. The van der Waals surface area contributed by atoms with Gasteiger partial charge in [0.2, 0.25) is 0 Å². The Morgan fingerprint density at radius 3 is 1.38 bits per heavy atom. The molecule has 0 bridgehead atoms. The van der Waals surface area contributed by atoms with Crippen molar-refractivity contribution in [3.05, 3.63) is 0 Å². The number of hydrogen-bond donors (Lipinski definition) is 4. The largest absolute Gasteiger partial charge is 0.464 e. The Morgan fingerprint density at radius 1 is 0.812 bits per heavy atom. The zero-order chi connectivity index (χ0) is 12.6. The molecule has 0 fully saturated rings. The Labute approximate surface area is 116 Å². The normalized spacial score (nSPS) is 10.6. The Hall–Kier alpha value is 0.340. The molecular weight excluding hydrogens is 288 g/mol. The van der Waals surface area contributed by atoms with Crippen LogP contribution in [0.3, 0.4) is 0 Å². The maximum Gasteiger partial charge on any atom is 0.328 e. The molecule has 8 heteroatoms. The van der Waals surface area contributed by atoms with Gasteiger partial charge in [-0.15, -0.1) is 0 Å². The average molecular weight is 302 g/mol. The molecule has 0 spiro atoms. The van der Waals surface area contributed by atoms with Crippen molar-refractivity contribution in [1.82, 2.24) is 0 Å². The third-order valence-corrected chi connectivity index (χ3v) is 2.29. The van der Waals surface area contributed by atoms with Gasteiger partial charge in [-0.25, -0.2) is 9.59 Å². The van der Waals surface area contributed by atoms with Crippen LogP contribution in [0.15, 0.2) is 0 Å². The maximum atomic E-state index is 10.9. The number of rotatable bonds is 7. The summed E-state index contributed by atoms with van der Waals surface area (Å²) < 4.78 is 8.16. The molecule has 0 amide bonds. The zero-order valence-corrected chi connectivity index (χ0v) is 12.0. The first-order valence-electron chi connectivity index (χ1n) is 4.50. The van der Waals surface area contributed by atoms with Crippen molar-refractivity contribution in [3.8, 4) is 0 Å². The molecule has 0 atom stereocenters. The minimum Gasteiger partial charge on any atom is -0.464 e. The van der Waals surface area contributed by atoms with E-state index < -0.39 is 21.1 Å². The van der Waals surface area contributed by atoms with Crippen molar-refractivity contribution in [2.45, 2.75) is 22.0 Å². The summed E-state index contributed by atoms with van der Waals surface area (Å²) in [5.41, 5.74) is 0. The molecule has 94 valence electrons. The first-order chi connectivity index (χ1) is 7.45. The van der Waals surface area contributed by atoms with Gasteiger partial charge in [0, 0.05) is 0 Å². The molecule has 0 aliphatic carbocycles. The van der Waals surface area contributed by atoms with E-state index in [0.29, 0.717) is 12.8 Å². The Kier molecular flexibility index (Phi) is 9.58. The topological polar surface area (TPSA) is 52.6 Å². The van der Waals surface area contributed by atoms with Gasteiger partial charge in [0.1, 0.15) is 9.16 Å². The fourth-order valence-electron chi connectivity index (χ4n) is 0.699. The van der Waals surface area contributed by atoms with Crippen molar-refractivity contribution in [3.63, 3.8) is 0 Å². The maximum absolute atomic E-state index is 10.9. The van der Waals surface area contributed by atoms with Gasteiger partial charge in [0.25, 0.3) is 0 Å². The number of esters is 2. The third kappa shape index (κ3) is 8.49. The highest BCUT2D eigenvalue weighted by atomic mass is 32.2. The second-order valence-corrected chi connectivity index (χ2v) is 5.67. The molecular formula is C8H14O4S4. The summed E-state index contributed by atoms with van der Waals surface area (Å²) in [5.74, 6) is -0.955. The fourth-order valence-corrected chi connectivity index (χ4v) is 0.997. The van der Waals surface area contributed by atoms with Crippen LogP contribution in [0.5, 0.6) is 0 Å². The van der Waals surface area contributed by atoms with E-state index in [1.807, 2.05) is 0 Å². The van der Waals surface area contributed by atoms with E-state index in [0.717, 1.165) is 0 Å². The number of ether oxygens (including phenoxy) is 2. The highest BCUT2D eigenvalue weighted by molar-refractivity contribution is 8.00. The minimum atomic E-state index is -0.716. The Morgan fingerprint density at radius 2 is 1.12 bits per heavy atom. The quantitative estimate of drug-likeness (QED) is 0.247. The van der Waals surface area contributed by atoms with Crippen LogP contribution in [0.4, 0.5) is 0 Å². The highest BCUT2D eigenvalue weighted by Crippen LogP contribution is 2.05. The lowest BCUT2D eigenvalue weighted by molar-refractivity contribution is -0.143. The summed E-state index contributed by atoms with van der Waals surface area (Å²) >= 11 is 15.2. The molecule has 0 rings (SSSR count). The zero-order valence-electron chi connectivity index (χ0n) is 8.40. The van der Waals surface area contributed by atoms with E-state index in [9.17, 15) is 9.59 Å². The first kappa shape index (κ1) is 16.3. The van der Waals surface area contributed by atoms with E-state index in [2.05, 4.69) is 50.5 Å². The summed E-state index contributed by atoms with van der Waals surface area (Å²) in [7, 11) is 0. The van der Waals surface area contributed by atoms with Crippen molar-refractivity contribution in [1.29, 1.82) is 0 Å². The van der Waals surface area contributed by atoms with Gasteiger partial charge in [-0.3, -0.25) is 0 Å². The molecule has 0 saturated carbocycles. The van der Waals surface area contributed by atoms with Crippen LogP contribution in [0, 0.1) is 0 Å². The molecule has 0 aliphatic rings. The summed E-state index contributed by atoms with van der Waals surface area (Å²) in [6.45, 7) is 0.526. The van der Waals surface area contributed by atoms with E-state index in [1.54, 1.807) is 0 Å². The predicted octanol–water partition coefficient (Wildman–Crippen LogP) is 1.22. The molecule has 0 aliphatic heterocycles. The molecule has 0 unspecified atom stereocenters. The molecule has 0 heterocycles. The van der Waals surface area contributed by atoms with Crippen LogP contribution < -0.4 is 0 Å². The van der Waals surface area contributed by atoms with Crippen molar-refractivity contribution in [2.75, 3.05) is 13.2 Å². The van der Waals surface area contributed by atoms with Crippen LogP contribution in [0.25, 0.3) is 0 Å². The van der Waals surface area contributed by atoms with Gasteiger partial charge >= 0.3 is 11.9 Å². The smallest absolute Gasteiger partial charge is 0.328 e. The van der Waals surface area contributed by atoms with Crippen molar-refractivity contribution >= 4 is 62.5 Å². The molecule has 0 radical (unpaired) electrons. The molecule has 4 nitrogen and oxygen atoms in total. The highest BCUT2D eigenvalue weighted by Gasteiger charge is 2.10. The molecule has 0 aromatic carbocycles. The molecule has 0 aromatic rings. The van der Waals surface area contributed by atoms with Crippen molar-refractivity contribution in [2.24, 2.45) is 0 Å². The van der Waals surface area contributed by atoms with Crippen LogP contribution in [0.1, 0.15) is 12.8 Å². The number of carbonyl (C=O) groups is 2. The number of thiol groups is 4. The molecule has 0 aromatic heterocycles. The van der Waals surface area contributed by atoms with Gasteiger partial charge in [0.15, 0.2) is 0 Å². The first-order valence-corrected chi connectivity index (χ1v) is 6.57. The fraction of sp³-hybridized carbons (Fsp3) is 0.750. The molecule has 0 saturated heterocycles. The standard InChI is InChI=1S/C8H14O4S4/c9-5(7(13)14)11-3-1-2-4-12-6(10)8(15)16/h7-8,13-16H,1-4H2. The third-order valence-electron chi connectivity index (χ3n) is 1.45. The minimum absolute atomic E-state index is 0.263. The lowest BCUT2D eigenvalue weighted by atomic mass is 10.3. The van der Waals surface area contributed by atoms with E-state index >= 15 is 0 Å². The lowest BCUT2D eigenvalue weighted by Crippen LogP contribution is -2.15. The number of unbranched alkanes of at least 4 members (excludes halogenated alkanes) is 1. The Balaban J connectivity index is 3.35. The predicted molar refractivity (Wildman–Crippen MR) is 74.7 cm³/mol. The van der Waals surface area contributed by atoms with Gasteiger partial charge in [0.05, 0.1) is 13.2 Å². The molecule has 0 N–H and O–H groups in total. The summed E-state index contributed by atoms with van der Waals surface area (Å²) in [6.07, 6.45) is 1.22. The van der Waals surface area contributed by atoms with Gasteiger partial charge in [-0.1, -0.05) is 0 Å². The van der Waals surface area contributed by atoms with Gasteiger partial charge < -0.3 is 9.47 Å². The second-order valence-electron chi connectivity index (χ2n) is 2.79. The van der Waals surface area contributed by atoms with Crippen LogP contribution in [0.2, 0.25) is 0 Å². The number of hydrogen-bond acceptors (Lipinski definition) is 8. The second kappa shape index (κ2) is 9.38. The van der Waals surface area contributed by atoms with Crippen LogP contribution >= 0.6 is 50.5 Å². The summed E-state index contributed by atoms with van der Waals surface area (Å²) in [4.78, 5) is 21.8. The van der Waals surface area contributed by atoms with E-state index in [1.165, 1.54) is 0 Å². The van der Waals surface area contributed by atoms with E-state index in [4.69, 9.17) is 9.47 Å². The van der Waals surface area contributed by atoms with Gasteiger partial charge in [-0.2, -0.15) is 50.5 Å². The SMILES string of the molecule is O=C(OCCCCOC(=O)C(S)S)C(S)S. The monoisotopic (exact) mass is 302 g/mol. The van der Waals surface area contributed by atoms with E-state index in [-0.39, 0.29) is 13.2 Å². The summed E-state index contributed by atoms with van der Waals surface area (Å²) in [5, 5.41) is 0. The lowest BCUT2D eigenvalue weighted by Gasteiger charge is -2.07. The van der Waals surface area contributed by atoms with Crippen LogP contribution in [-0.4, -0.2) is 34.3 Å². The van der Waals surface area contributed by atoms with Gasteiger partial charge in [-0.05, 0) is 12.8 Å². The van der Waals surface area contributed by atoms with Crippen molar-refractivity contribution < 1.29 is 19.1 Å². The molecule has 16 heavy (non-hydrogen) atoms.